The number of hydrogen-bond donors (Lipinski definition) is 2. The number of allylic oxidation sites excluding steroid dienone is 1. The molecule has 0 saturated carbocycles. The van der Waals surface area contributed by atoms with E-state index in [9.17, 15) is 9.90 Å². The van der Waals surface area contributed by atoms with Crippen molar-refractivity contribution in [1.29, 1.82) is 5.39 Å². The number of diazo groups is 1. The van der Waals surface area contributed by atoms with Gasteiger partial charge in [-0.1, -0.05) is 0 Å². The first-order chi connectivity index (χ1) is 5.57. The van der Waals surface area contributed by atoms with Crippen molar-refractivity contribution in [3.8, 4) is 0 Å². The van der Waals surface area contributed by atoms with Crippen LogP contribution in [0.1, 0.15) is 12.8 Å². The number of nitrogens with two attached hydrogens (primary N) is 1. The van der Waals surface area contributed by atoms with E-state index in [0.29, 0.717) is 6.20 Å². The van der Waals surface area contributed by atoms with Crippen LogP contribution in [0.3, 0.4) is 0 Å². The molecule has 6 heteroatoms. The molecule has 66 valence electrons. The van der Waals surface area contributed by atoms with E-state index in [-0.39, 0.29) is 12.8 Å². The number of hydrogen-bond acceptors (Lipinski definition) is 4. The first-order valence-electron chi connectivity index (χ1n) is 3.26. The van der Waals surface area contributed by atoms with Gasteiger partial charge in [-0.05, 0) is 18.6 Å². The number of nitrogens with zero attached hydrogens (tertiary/aromatic N) is 2. The summed E-state index contributed by atoms with van der Waals surface area (Å²) in [5, 5.41) is 26.8. The molecule has 0 aromatic heterocycles. The lowest BCUT2D eigenvalue weighted by Gasteiger charge is -2.08. The molecule has 0 saturated heterocycles. The van der Waals surface area contributed by atoms with Gasteiger partial charge in [0.15, 0.2) is 4.98 Å². The second-order valence-electron chi connectivity index (χ2n) is 2.19. The fourth-order valence-corrected chi connectivity index (χ4v) is 0.550. The van der Waals surface area contributed by atoms with Crippen molar-refractivity contribution in [2.45, 2.75) is 18.9 Å². The zero-order valence-corrected chi connectivity index (χ0v) is 6.30. The summed E-state index contributed by atoms with van der Waals surface area (Å²) in [6.07, 6.45) is 0.728. The molecule has 0 heterocycles. The summed E-state index contributed by atoms with van der Waals surface area (Å²) in [6, 6.07) is -1.04. The summed E-state index contributed by atoms with van der Waals surface area (Å²) >= 11 is 0. The Morgan fingerprint density at radius 2 is 2.42 bits per heavy atom. The summed E-state index contributed by atoms with van der Waals surface area (Å²) < 4.78 is 0. The third-order valence-corrected chi connectivity index (χ3v) is 1.22. The lowest BCUT2D eigenvalue weighted by atomic mass is 10.1. The van der Waals surface area contributed by atoms with Crippen molar-refractivity contribution < 1.29 is 15.0 Å². The van der Waals surface area contributed by atoms with Crippen molar-refractivity contribution in [1.82, 2.24) is 0 Å². The average Bonchev–Trinajstić information content (AvgIpc) is 2.00. The minimum absolute atomic E-state index is 0.0302. The third-order valence-electron chi connectivity index (χ3n) is 1.22. The highest BCUT2D eigenvalue weighted by Crippen LogP contribution is 2.00. The average molecular weight is 171 g/mol. The molecule has 0 aliphatic rings. The number of carbonyl (C=O) groups is 1. The van der Waals surface area contributed by atoms with Gasteiger partial charge in [-0.3, -0.25) is 4.79 Å². The van der Waals surface area contributed by atoms with Gasteiger partial charge in [0.25, 0.3) is 0 Å². The molecule has 0 fully saturated rings. The molecule has 0 aromatic rings. The van der Waals surface area contributed by atoms with Crippen LogP contribution in [0.5, 0.6) is 0 Å². The van der Waals surface area contributed by atoms with Gasteiger partial charge in [-0.2, -0.15) is 0 Å². The van der Waals surface area contributed by atoms with E-state index in [4.69, 9.17) is 16.2 Å². The monoisotopic (exact) mass is 171 g/mol. The van der Waals surface area contributed by atoms with E-state index in [2.05, 4.69) is 4.98 Å². The van der Waals surface area contributed by atoms with Gasteiger partial charge in [0.1, 0.15) is 6.04 Å². The second-order valence-corrected chi connectivity index (χ2v) is 2.19. The Labute approximate surface area is 68.9 Å². The summed E-state index contributed by atoms with van der Waals surface area (Å²) in [5.41, 5.74) is 5.10. The van der Waals surface area contributed by atoms with Crippen LogP contribution in [-0.4, -0.2) is 17.1 Å². The predicted molar refractivity (Wildman–Crippen MR) is 38.0 cm³/mol. The maximum atomic E-state index is 10.6. The summed E-state index contributed by atoms with van der Waals surface area (Å²) in [5.74, 6) is -1.60. The summed E-state index contributed by atoms with van der Waals surface area (Å²) in [4.78, 5) is 12.6. The minimum Gasteiger partial charge on any atom is -0.871 e. The molecular formula is C6H9N3O3. The third kappa shape index (κ3) is 4.24. The van der Waals surface area contributed by atoms with E-state index < -0.39 is 17.8 Å². The minimum atomic E-state index is -1.15. The highest BCUT2D eigenvalue weighted by Gasteiger charge is 2.10. The van der Waals surface area contributed by atoms with Crippen LogP contribution in [0.25, 0.3) is 4.98 Å². The first kappa shape index (κ1) is 10.4. The molecule has 6 nitrogen and oxygen atoms in total. The fraction of sp³-hybridized carbons (Fsp3) is 0.500. The van der Waals surface area contributed by atoms with E-state index >= 15 is 0 Å². The smallest absolute Gasteiger partial charge is 0.338 e. The molecule has 0 rings (SSSR count). The van der Waals surface area contributed by atoms with Crippen LogP contribution in [0, 0.1) is 5.39 Å². The maximum Gasteiger partial charge on any atom is 0.338 e. The van der Waals surface area contributed by atoms with Crippen molar-refractivity contribution in [2.75, 3.05) is 0 Å². The number of aliphatic carboxylic acids is 1. The van der Waals surface area contributed by atoms with Crippen LogP contribution < -0.4 is 10.8 Å². The number of carboxylic acids is 1. The zero-order valence-electron chi connectivity index (χ0n) is 6.30. The van der Waals surface area contributed by atoms with Crippen LogP contribution >= 0.6 is 0 Å². The van der Waals surface area contributed by atoms with Crippen LogP contribution in [0.4, 0.5) is 0 Å². The van der Waals surface area contributed by atoms with Crippen molar-refractivity contribution in [3.05, 3.63) is 16.9 Å². The standard InChI is InChI=1S/C6H9N3O3/c7-5(6(11)12)2-1-4(10)3-9-8/h3,5H,1-2,7H2,(H-,10,11,12)/b4-3-/t5-/m0/s1. The molecular weight excluding hydrogens is 162 g/mol. The lowest BCUT2D eigenvalue weighted by Crippen LogP contribution is -2.30. The largest absolute Gasteiger partial charge is 0.871 e. The van der Waals surface area contributed by atoms with E-state index in [1.165, 1.54) is 0 Å². The SMILES string of the molecule is N#[N+]/C=C(\[O-])CC[C@H](N)C(=O)O. The predicted octanol–water partition coefficient (Wildman–Crippen LogP) is -0.767. The molecule has 3 N–H and O–H groups in total. The molecule has 0 amide bonds. The Kier molecular flexibility index (Phi) is 4.41. The highest BCUT2D eigenvalue weighted by atomic mass is 16.4. The number of carboxylic acid groups (broad SMARTS) is 1. The van der Waals surface area contributed by atoms with Crippen LogP contribution in [0.2, 0.25) is 0 Å². The Morgan fingerprint density at radius 1 is 1.83 bits per heavy atom. The van der Waals surface area contributed by atoms with Gasteiger partial charge in [0, 0.05) is 0 Å². The van der Waals surface area contributed by atoms with Gasteiger partial charge in [0.2, 0.25) is 5.39 Å². The zero-order chi connectivity index (χ0) is 9.56. The van der Waals surface area contributed by atoms with E-state index in [1.54, 1.807) is 0 Å². The Morgan fingerprint density at radius 3 is 2.83 bits per heavy atom. The van der Waals surface area contributed by atoms with Gasteiger partial charge < -0.3 is 15.9 Å². The number of rotatable bonds is 4. The quantitative estimate of drug-likeness (QED) is 0.426. The molecule has 0 unspecified atom stereocenters. The van der Waals surface area contributed by atoms with Gasteiger partial charge in [-0.25, -0.2) is 0 Å². The Bertz CT molecular complexity index is 231. The second kappa shape index (κ2) is 5.09. The summed E-state index contributed by atoms with van der Waals surface area (Å²) in [6.45, 7) is 0. The fourth-order valence-electron chi connectivity index (χ4n) is 0.550. The Hall–Kier alpha value is -1.61. The van der Waals surface area contributed by atoms with Crippen LogP contribution in [-0.2, 0) is 4.79 Å². The topological polar surface area (TPSA) is 115 Å². The molecule has 1 atom stereocenters. The van der Waals surface area contributed by atoms with Gasteiger partial charge >= 0.3 is 12.2 Å². The lowest BCUT2D eigenvalue weighted by molar-refractivity contribution is -0.306. The maximum absolute atomic E-state index is 10.6. The van der Waals surface area contributed by atoms with Gasteiger partial charge in [0.05, 0.1) is 0 Å². The molecule has 0 aliphatic heterocycles. The van der Waals surface area contributed by atoms with Crippen molar-refractivity contribution >= 4 is 5.97 Å². The summed E-state index contributed by atoms with van der Waals surface area (Å²) in [7, 11) is 0. The Balaban J connectivity index is 3.78. The molecule has 0 spiro atoms. The first-order valence-corrected chi connectivity index (χ1v) is 3.26. The van der Waals surface area contributed by atoms with Gasteiger partial charge in [-0.15, -0.1) is 0 Å². The molecule has 0 aliphatic carbocycles. The molecule has 0 radical (unpaired) electrons. The highest BCUT2D eigenvalue weighted by molar-refractivity contribution is 5.72. The molecule has 0 aromatic carbocycles. The van der Waals surface area contributed by atoms with Crippen molar-refractivity contribution in [2.24, 2.45) is 5.73 Å². The van der Waals surface area contributed by atoms with E-state index in [1.807, 2.05) is 0 Å². The molecule has 0 bridgehead atoms. The van der Waals surface area contributed by atoms with Crippen molar-refractivity contribution in [3.63, 3.8) is 0 Å². The van der Waals surface area contributed by atoms with Crippen LogP contribution in [0.15, 0.2) is 12.0 Å². The normalized spacial score (nSPS) is 13.5. The van der Waals surface area contributed by atoms with E-state index in [0.717, 1.165) is 0 Å². The molecule has 12 heavy (non-hydrogen) atoms.